The molecule has 2 aliphatic rings. The third kappa shape index (κ3) is 7.93. The third-order valence-corrected chi connectivity index (χ3v) is 10.8. The molecule has 0 spiro atoms. The number of methoxy groups -OCH3 is 1. The Balaban J connectivity index is 1.41. The van der Waals surface area contributed by atoms with E-state index in [2.05, 4.69) is 29.0 Å². The summed E-state index contributed by atoms with van der Waals surface area (Å²) in [5.41, 5.74) is 1.28. The number of sulfonamides is 1. The molecule has 1 aliphatic heterocycles. The number of carbonyl (C=O) groups is 1. The van der Waals surface area contributed by atoms with Crippen LogP contribution >= 0.6 is 0 Å². The van der Waals surface area contributed by atoms with Gasteiger partial charge in [0.05, 0.1) is 12.0 Å². The minimum atomic E-state index is -3.70. The molecule has 9 heteroatoms. The number of benzene rings is 1. The van der Waals surface area contributed by atoms with Crippen LogP contribution in [-0.2, 0) is 14.8 Å². The molecule has 0 radical (unpaired) electrons. The Labute approximate surface area is 231 Å². The van der Waals surface area contributed by atoms with Crippen LogP contribution in [0.25, 0.3) is 0 Å². The van der Waals surface area contributed by atoms with Gasteiger partial charge in [0.1, 0.15) is 5.75 Å². The summed E-state index contributed by atoms with van der Waals surface area (Å²) < 4.78 is 33.0. The third-order valence-electron chi connectivity index (χ3n) is 8.63. The monoisotopic (exact) mass is 550 g/mol. The van der Waals surface area contributed by atoms with Crippen molar-refractivity contribution in [1.29, 1.82) is 0 Å². The van der Waals surface area contributed by atoms with Crippen molar-refractivity contribution in [2.24, 2.45) is 5.92 Å². The summed E-state index contributed by atoms with van der Waals surface area (Å²) in [4.78, 5) is 18.2. The molecule has 1 heterocycles. The molecule has 8 nitrogen and oxygen atoms in total. The number of piperidine rings is 1. The molecule has 1 aliphatic carbocycles. The lowest BCUT2D eigenvalue weighted by molar-refractivity contribution is -0.122. The minimum Gasteiger partial charge on any atom is -0.497 e. The molecule has 1 aromatic carbocycles. The molecule has 1 saturated heterocycles. The Kier molecular flexibility index (Phi) is 11.4. The van der Waals surface area contributed by atoms with Crippen molar-refractivity contribution in [3.05, 3.63) is 23.3 Å². The van der Waals surface area contributed by atoms with E-state index in [0.29, 0.717) is 22.9 Å². The molecule has 3 rings (SSSR count). The fraction of sp³-hybridized carbons (Fsp3) is 0.759. The van der Waals surface area contributed by atoms with Gasteiger partial charge in [0.15, 0.2) is 0 Å². The molecule has 216 valence electrons. The van der Waals surface area contributed by atoms with Crippen molar-refractivity contribution in [2.75, 3.05) is 53.4 Å². The van der Waals surface area contributed by atoms with Crippen molar-refractivity contribution in [2.45, 2.75) is 89.6 Å². The molecule has 1 N–H and O–H groups in total. The Morgan fingerprint density at radius 1 is 1.03 bits per heavy atom. The van der Waals surface area contributed by atoms with Crippen LogP contribution in [-0.4, -0.2) is 93.9 Å². The molecular formula is C29H50N4O4S. The molecule has 0 bridgehead atoms. The molecular weight excluding hydrogens is 500 g/mol. The number of rotatable bonds is 12. The Bertz CT molecular complexity index is 988. The molecule has 1 aromatic rings. The highest BCUT2D eigenvalue weighted by molar-refractivity contribution is 7.89. The topological polar surface area (TPSA) is 82.2 Å². The Hall–Kier alpha value is -1.68. The van der Waals surface area contributed by atoms with Crippen molar-refractivity contribution in [3.8, 4) is 5.75 Å². The summed E-state index contributed by atoms with van der Waals surface area (Å²) in [5.74, 6) is 1.38. The van der Waals surface area contributed by atoms with Gasteiger partial charge in [-0.2, -0.15) is 0 Å². The first-order chi connectivity index (χ1) is 18.1. The van der Waals surface area contributed by atoms with Crippen molar-refractivity contribution >= 4 is 15.9 Å². The van der Waals surface area contributed by atoms with Crippen LogP contribution < -0.4 is 10.1 Å². The van der Waals surface area contributed by atoms with Crippen LogP contribution in [0.1, 0.15) is 69.9 Å². The number of hydrogen-bond acceptors (Lipinski definition) is 6. The second kappa shape index (κ2) is 14.1. The first-order valence-corrected chi connectivity index (χ1v) is 15.9. The normalized spacial score (nSPS) is 21.7. The predicted octanol–water partition coefficient (Wildman–Crippen LogP) is 3.80. The lowest BCUT2D eigenvalue weighted by Gasteiger charge is -2.41. The maximum absolute atomic E-state index is 13.2. The SMILES string of the molecule is CCN(CC)CC1CCN(C2CCC(NC(=O)CCN(C)S(=O)(=O)c3c(C)cc(OC)cc3C)CC2)CC1. The number of hydrogen-bond donors (Lipinski definition) is 1. The molecule has 38 heavy (non-hydrogen) atoms. The highest BCUT2D eigenvalue weighted by atomic mass is 32.2. The number of nitrogens with zero attached hydrogens (tertiary/aromatic N) is 3. The predicted molar refractivity (Wildman–Crippen MR) is 153 cm³/mol. The van der Waals surface area contributed by atoms with Crippen LogP contribution in [0.3, 0.4) is 0 Å². The number of nitrogens with one attached hydrogen (secondary N) is 1. The van der Waals surface area contributed by atoms with E-state index in [4.69, 9.17) is 4.74 Å². The van der Waals surface area contributed by atoms with Gasteiger partial charge in [0.25, 0.3) is 0 Å². The number of ether oxygens (including phenoxy) is 1. The largest absolute Gasteiger partial charge is 0.497 e. The van der Waals surface area contributed by atoms with Crippen LogP contribution in [0.2, 0.25) is 0 Å². The zero-order chi connectivity index (χ0) is 27.9. The average molecular weight is 551 g/mol. The molecule has 0 atom stereocenters. The summed E-state index contributed by atoms with van der Waals surface area (Å²) in [6.07, 6.45) is 6.97. The van der Waals surface area contributed by atoms with E-state index < -0.39 is 10.0 Å². The highest BCUT2D eigenvalue weighted by Gasteiger charge is 2.30. The van der Waals surface area contributed by atoms with Crippen molar-refractivity contribution < 1.29 is 17.9 Å². The van der Waals surface area contributed by atoms with Crippen LogP contribution in [0, 0.1) is 19.8 Å². The second-order valence-electron chi connectivity index (χ2n) is 11.2. The lowest BCUT2D eigenvalue weighted by atomic mass is 9.87. The number of aryl methyl sites for hydroxylation is 2. The van der Waals surface area contributed by atoms with E-state index >= 15 is 0 Å². The molecule has 0 aromatic heterocycles. The van der Waals surface area contributed by atoms with Crippen LogP contribution in [0.4, 0.5) is 0 Å². The van der Waals surface area contributed by atoms with Gasteiger partial charge >= 0.3 is 0 Å². The van der Waals surface area contributed by atoms with Gasteiger partial charge in [-0.05, 0) is 108 Å². The van der Waals surface area contributed by atoms with E-state index in [1.165, 1.54) is 36.8 Å². The van der Waals surface area contributed by atoms with Crippen LogP contribution in [0.15, 0.2) is 17.0 Å². The van der Waals surface area contributed by atoms with E-state index in [1.54, 1.807) is 40.1 Å². The van der Waals surface area contributed by atoms with Crippen molar-refractivity contribution in [1.82, 2.24) is 19.4 Å². The molecule has 1 saturated carbocycles. The van der Waals surface area contributed by atoms with E-state index in [-0.39, 0.29) is 29.8 Å². The first-order valence-electron chi connectivity index (χ1n) is 14.5. The first kappa shape index (κ1) is 30.9. The van der Waals surface area contributed by atoms with Gasteiger partial charge in [-0.25, -0.2) is 12.7 Å². The van der Waals surface area contributed by atoms with Gasteiger partial charge in [0, 0.05) is 38.6 Å². The Morgan fingerprint density at radius 3 is 2.13 bits per heavy atom. The summed E-state index contributed by atoms with van der Waals surface area (Å²) in [7, 11) is -0.588. The van der Waals surface area contributed by atoms with E-state index in [9.17, 15) is 13.2 Å². The maximum Gasteiger partial charge on any atom is 0.243 e. The van der Waals surface area contributed by atoms with Gasteiger partial charge in [-0.15, -0.1) is 0 Å². The summed E-state index contributed by atoms with van der Waals surface area (Å²) >= 11 is 0. The number of likely N-dealkylation sites (tertiary alicyclic amines) is 1. The van der Waals surface area contributed by atoms with E-state index in [1.807, 2.05) is 0 Å². The average Bonchev–Trinajstić information content (AvgIpc) is 2.90. The van der Waals surface area contributed by atoms with Gasteiger partial charge < -0.3 is 19.9 Å². The molecule has 1 amide bonds. The second-order valence-corrected chi connectivity index (χ2v) is 13.2. The van der Waals surface area contributed by atoms with Gasteiger partial charge in [-0.3, -0.25) is 4.79 Å². The fourth-order valence-electron chi connectivity index (χ4n) is 6.20. The quantitative estimate of drug-likeness (QED) is 0.426. The smallest absolute Gasteiger partial charge is 0.243 e. The summed E-state index contributed by atoms with van der Waals surface area (Å²) in [6.45, 7) is 14.1. The minimum absolute atomic E-state index is 0.0732. The highest BCUT2D eigenvalue weighted by Crippen LogP contribution is 2.29. The number of carbonyl (C=O) groups excluding carboxylic acids is 1. The van der Waals surface area contributed by atoms with E-state index in [0.717, 1.165) is 44.7 Å². The molecule has 2 fully saturated rings. The standard InChI is InChI=1S/C29H50N4O4S/c1-7-32(8-2)21-24-13-17-33(18-14-24)26-11-9-25(10-12-26)30-28(34)15-16-31(5)38(35,36)29-22(3)19-27(37-6)20-23(29)4/h19-20,24-26H,7-18,21H2,1-6H3,(H,30,34). The molecule has 0 unspecified atom stereocenters. The summed E-state index contributed by atoms with van der Waals surface area (Å²) in [5, 5.41) is 3.17. The Morgan fingerprint density at radius 2 is 1.61 bits per heavy atom. The fourth-order valence-corrected chi connectivity index (χ4v) is 7.78. The van der Waals surface area contributed by atoms with Crippen molar-refractivity contribution in [3.63, 3.8) is 0 Å². The zero-order valence-corrected chi connectivity index (χ0v) is 25.3. The maximum atomic E-state index is 13.2. The van der Waals surface area contributed by atoms with Gasteiger partial charge in [-0.1, -0.05) is 13.8 Å². The van der Waals surface area contributed by atoms with Gasteiger partial charge in [0.2, 0.25) is 15.9 Å². The zero-order valence-electron chi connectivity index (χ0n) is 24.5. The summed E-state index contributed by atoms with van der Waals surface area (Å²) in [6, 6.07) is 4.27. The number of amides is 1. The lowest BCUT2D eigenvalue weighted by Crippen LogP contribution is -2.47. The van der Waals surface area contributed by atoms with Crippen LogP contribution in [0.5, 0.6) is 5.75 Å².